The Balaban J connectivity index is 3.08. The molecule has 0 bridgehead atoms. The minimum atomic E-state index is -0.0400. The topological polar surface area (TPSA) is 23.5 Å². The van der Waals surface area contributed by atoms with Crippen LogP contribution in [-0.2, 0) is 6.61 Å². The SMILES string of the molecule is C=C(C)CN(CC)c1cccc(Cl)c1CO. The minimum absolute atomic E-state index is 0.0400. The number of benzene rings is 1. The van der Waals surface area contributed by atoms with Crippen molar-refractivity contribution < 1.29 is 5.11 Å². The van der Waals surface area contributed by atoms with Crippen LogP contribution in [0.15, 0.2) is 30.4 Å². The number of hydrogen-bond acceptors (Lipinski definition) is 2. The fraction of sp³-hybridized carbons (Fsp3) is 0.385. The Kier molecular flexibility index (Phi) is 4.84. The van der Waals surface area contributed by atoms with E-state index in [1.807, 2.05) is 19.1 Å². The van der Waals surface area contributed by atoms with Crippen LogP contribution in [0.1, 0.15) is 19.4 Å². The molecule has 0 amide bonds. The molecule has 1 aromatic carbocycles. The van der Waals surface area contributed by atoms with Gasteiger partial charge >= 0.3 is 0 Å². The molecular formula is C13H18ClNO. The van der Waals surface area contributed by atoms with Gasteiger partial charge < -0.3 is 10.0 Å². The second kappa shape index (κ2) is 5.92. The smallest absolute Gasteiger partial charge is 0.0716 e. The fourth-order valence-electron chi connectivity index (χ4n) is 1.69. The quantitative estimate of drug-likeness (QED) is 0.798. The second-order valence-electron chi connectivity index (χ2n) is 3.87. The lowest BCUT2D eigenvalue weighted by Gasteiger charge is -2.26. The molecule has 0 aliphatic heterocycles. The maximum atomic E-state index is 9.34. The predicted molar refractivity (Wildman–Crippen MR) is 70.1 cm³/mol. The van der Waals surface area contributed by atoms with E-state index in [0.29, 0.717) is 5.02 Å². The van der Waals surface area contributed by atoms with Gasteiger partial charge in [-0.3, -0.25) is 0 Å². The van der Waals surface area contributed by atoms with Gasteiger partial charge in [0.25, 0.3) is 0 Å². The zero-order chi connectivity index (χ0) is 12.1. The lowest BCUT2D eigenvalue weighted by atomic mass is 10.1. The first kappa shape index (κ1) is 13.1. The summed E-state index contributed by atoms with van der Waals surface area (Å²) in [4.78, 5) is 2.15. The van der Waals surface area contributed by atoms with Gasteiger partial charge in [-0.2, -0.15) is 0 Å². The van der Waals surface area contributed by atoms with Crippen molar-refractivity contribution in [2.24, 2.45) is 0 Å². The fourth-order valence-corrected chi connectivity index (χ4v) is 1.92. The van der Waals surface area contributed by atoms with E-state index in [4.69, 9.17) is 11.6 Å². The average Bonchev–Trinajstić information content (AvgIpc) is 2.25. The summed E-state index contributed by atoms with van der Waals surface area (Å²) in [7, 11) is 0. The Morgan fingerprint density at radius 1 is 1.50 bits per heavy atom. The molecule has 3 heteroatoms. The minimum Gasteiger partial charge on any atom is -0.392 e. The van der Waals surface area contributed by atoms with E-state index in [-0.39, 0.29) is 6.61 Å². The third-order valence-corrected chi connectivity index (χ3v) is 2.79. The summed E-state index contributed by atoms with van der Waals surface area (Å²) < 4.78 is 0. The number of halogens is 1. The zero-order valence-corrected chi connectivity index (χ0v) is 10.6. The van der Waals surface area contributed by atoms with Crippen LogP contribution in [0, 0.1) is 0 Å². The van der Waals surface area contributed by atoms with Crippen molar-refractivity contribution >= 4 is 17.3 Å². The maximum Gasteiger partial charge on any atom is 0.0716 e. The molecule has 0 radical (unpaired) electrons. The standard InChI is InChI=1S/C13H18ClNO/c1-4-15(8-10(2)3)13-7-5-6-12(14)11(13)9-16/h5-7,16H,2,4,8-9H2,1,3H3. The van der Waals surface area contributed by atoms with Crippen LogP contribution < -0.4 is 4.90 Å². The number of hydrogen-bond donors (Lipinski definition) is 1. The van der Waals surface area contributed by atoms with Crippen LogP contribution in [0.4, 0.5) is 5.69 Å². The summed E-state index contributed by atoms with van der Waals surface area (Å²) in [6, 6.07) is 5.67. The summed E-state index contributed by atoms with van der Waals surface area (Å²) in [5.41, 5.74) is 2.86. The highest BCUT2D eigenvalue weighted by Gasteiger charge is 2.11. The Labute approximate surface area is 102 Å². The van der Waals surface area contributed by atoms with Gasteiger partial charge in [-0.1, -0.05) is 29.8 Å². The Morgan fingerprint density at radius 3 is 2.69 bits per heavy atom. The molecule has 0 fully saturated rings. The van der Waals surface area contributed by atoms with Crippen molar-refractivity contribution in [3.8, 4) is 0 Å². The molecule has 1 rings (SSSR count). The van der Waals surface area contributed by atoms with Gasteiger partial charge in [0.05, 0.1) is 6.61 Å². The molecule has 0 saturated carbocycles. The molecule has 0 aliphatic carbocycles. The molecule has 16 heavy (non-hydrogen) atoms. The van der Waals surface area contributed by atoms with Crippen molar-refractivity contribution in [2.75, 3.05) is 18.0 Å². The highest BCUT2D eigenvalue weighted by Crippen LogP contribution is 2.27. The summed E-state index contributed by atoms with van der Waals surface area (Å²) in [5, 5.41) is 9.96. The number of aliphatic hydroxyl groups excluding tert-OH is 1. The third-order valence-electron chi connectivity index (χ3n) is 2.44. The van der Waals surface area contributed by atoms with Crippen LogP contribution in [0.5, 0.6) is 0 Å². The summed E-state index contributed by atoms with van der Waals surface area (Å²) >= 11 is 6.06. The largest absolute Gasteiger partial charge is 0.392 e. The molecule has 0 spiro atoms. The second-order valence-corrected chi connectivity index (χ2v) is 4.27. The van der Waals surface area contributed by atoms with Crippen LogP contribution in [0.25, 0.3) is 0 Å². The predicted octanol–water partition coefficient (Wildman–Crippen LogP) is 3.23. The van der Waals surface area contributed by atoms with Crippen molar-refractivity contribution in [3.05, 3.63) is 40.9 Å². The highest BCUT2D eigenvalue weighted by atomic mass is 35.5. The van der Waals surface area contributed by atoms with Gasteiger partial charge in [0, 0.05) is 29.4 Å². The van der Waals surface area contributed by atoms with E-state index >= 15 is 0 Å². The van der Waals surface area contributed by atoms with E-state index in [1.54, 1.807) is 6.07 Å². The molecule has 88 valence electrons. The van der Waals surface area contributed by atoms with Crippen molar-refractivity contribution in [1.29, 1.82) is 0 Å². The van der Waals surface area contributed by atoms with Crippen LogP contribution >= 0.6 is 11.6 Å². The summed E-state index contributed by atoms with van der Waals surface area (Å²) in [6.07, 6.45) is 0. The number of aliphatic hydroxyl groups is 1. The monoisotopic (exact) mass is 239 g/mol. The first-order valence-electron chi connectivity index (χ1n) is 5.37. The molecular weight excluding hydrogens is 222 g/mol. The Hall–Kier alpha value is -0.990. The number of likely N-dealkylation sites (N-methyl/N-ethyl adjacent to an activating group) is 1. The van der Waals surface area contributed by atoms with Crippen molar-refractivity contribution in [3.63, 3.8) is 0 Å². The number of anilines is 1. The van der Waals surface area contributed by atoms with Crippen LogP contribution in [0.3, 0.4) is 0 Å². The summed E-state index contributed by atoms with van der Waals surface area (Å²) in [6.45, 7) is 9.58. The number of nitrogens with zero attached hydrogens (tertiary/aromatic N) is 1. The van der Waals surface area contributed by atoms with E-state index in [2.05, 4.69) is 18.4 Å². The lowest BCUT2D eigenvalue weighted by Crippen LogP contribution is -2.25. The molecule has 0 aliphatic rings. The lowest BCUT2D eigenvalue weighted by molar-refractivity contribution is 0.282. The van der Waals surface area contributed by atoms with Gasteiger partial charge in [-0.15, -0.1) is 0 Å². The first-order valence-corrected chi connectivity index (χ1v) is 5.75. The molecule has 0 unspecified atom stereocenters. The van der Waals surface area contributed by atoms with Gasteiger partial charge in [-0.05, 0) is 26.0 Å². The van der Waals surface area contributed by atoms with Gasteiger partial charge in [-0.25, -0.2) is 0 Å². The first-order chi connectivity index (χ1) is 7.60. The third kappa shape index (κ3) is 3.00. The van der Waals surface area contributed by atoms with Crippen LogP contribution in [-0.4, -0.2) is 18.2 Å². The average molecular weight is 240 g/mol. The Morgan fingerprint density at radius 2 is 2.19 bits per heavy atom. The Bertz CT molecular complexity index is 376. The van der Waals surface area contributed by atoms with Gasteiger partial charge in [0.15, 0.2) is 0 Å². The molecule has 0 aromatic heterocycles. The molecule has 0 atom stereocenters. The molecule has 1 N–H and O–H groups in total. The van der Waals surface area contributed by atoms with Gasteiger partial charge in [0.2, 0.25) is 0 Å². The zero-order valence-electron chi connectivity index (χ0n) is 9.83. The van der Waals surface area contributed by atoms with E-state index < -0.39 is 0 Å². The van der Waals surface area contributed by atoms with E-state index in [0.717, 1.165) is 29.9 Å². The van der Waals surface area contributed by atoms with E-state index in [9.17, 15) is 5.11 Å². The molecule has 0 saturated heterocycles. The molecule has 2 nitrogen and oxygen atoms in total. The summed E-state index contributed by atoms with van der Waals surface area (Å²) in [5.74, 6) is 0. The van der Waals surface area contributed by atoms with Crippen molar-refractivity contribution in [1.82, 2.24) is 0 Å². The maximum absolute atomic E-state index is 9.34. The highest BCUT2D eigenvalue weighted by molar-refractivity contribution is 6.31. The molecule has 1 aromatic rings. The van der Waals surface area contributed by atoms with Gasteiger partial charge in [0.1, 0.15) is 0 Å². The van der Waals surface area contributed by atoms with Crippen LogP contribution in [0.2, 0.25) is 5.02 Å². The van der Waals surface area contributed by atoms with E-state index in [1.165, 1.54) is 0 Å². The number of rotatable bonds is 5. The molecule has 0 heterocycles. The van der Waals surface area contributed by atoms with Crippen molar-refractivity contribution in [2.45, 2.75) is 20.5 Å². The normalized spacial score (nSPS) is 10.2.